The van der Waals surface area contributed by atoms with Gasteiger partial charge in [0.1, 0.15) is 11.4 Å². The first-order valence-electron chi connectivity index (χ1n) is 8.79. The van der Waals surface area contributed by atoms with Crippen LogP contribution in [0.2, 0.25) is 0 Å². The quantitative estimate of drug-likeness (QED) is 0.585. The van der Waals surface area contributed by atoms with Crippen LogP contribution < -0.4 is 0 Å². The molecule has 2 aliphatic rings. The van der Waals surface area contributed by atoms with Gasteiger partial charge in [-0.1, -0.05) is 11.8 Å². The van der Waals surface area contributed by atoms with E-state index in [0.717, 1.165) is 17.0 Å². The number of thioether (sulfide) groups is 1. The number of carbonyl (C=O) groups is 1. The van der Waals surface area contributed by atoms with E-state index < -0.39 is 27.9 Å². The summed E-state index contributed by atoms with van der Waals surface area (Å²) in [6, 6.07) is 3.34. The highest BCUT2D eigenvalue weighted by Crippen LogP contribution is 2.49. The molecule has 1 aromatic carbocycles. The summed E-state index contributed by atoms with van der Waals surface area (Å²) in [6.07, 6.45) is -1.41. The fourth-order valence-corrected chi connectivity index (χ4v) is 5.28. The summed E-state index contributed by atoms with van der Waals surface area (Å²) in [4.78, 5) is 28.4. The van der Waals surface area contributed by atoms with Gasteiger partial charge < -0.3 is 9.84 Å². The number of ether oxygens (including phenoxy) is 1. The average Bonchev–Trinajstić information content (AvgIpc) is 2.91. The number of benzene rings is 1. The number of aliphatic imine (C=N–C) groups is 1. The van der Waals surface area contributed by atoms with Crippen molar-refractivity contribution < 1.29 is 24.0 Å². The highest BCUT2D eigenvalue weighted by molar-refractivity contribution is 8.13. The third-order valence-corrected chi connectivity index (χ3v) is 6.17. The standard InChI is InChI=1S/C18H22FN3O5S/c1-10-13-8-28-15(21(16(23)24)17(2,3)4)20-18(13,9-27-10)12-7-11(22(25)26)5-6-14(12)19/h5-7,10,13H,8-9H2,1-4H3,(H,23,24). The Labute approximate surface area is 165 Å². The van der Waals surface area contributed by atoms with Crippen LogP contribution in [0.15, 0.2) is 23.2 Å². The number of carboxylic acid groups (broad SMARTS) is 1. The van der Waals surface area contributed by atoms with Gasteiger partial charge in [0.15, 0.2) is 5.17 Å². The van der Waals surface area contributed by atoms with Crippen LogP contribution in [0.3, 0.4) is 0 Å². The average molecular weight is 411 g/mol. The highest BCUT2D eigenvalue weighted by Gasteiger charge is 2.54. The Balaban J connectivity index is 2.21. The zero-order chi connectivity index (χ0) is 20.9. The Morgan fingerprint density at radius 1 is 1.50 bits per heavy atom. The molecule has 28 heavy (non-hydrogen) atoms. The van der Waals surface area contributed by atoms with Crippen LogP contribution in [0, 0.1) is 21.8 Å². The lowest BCUT2D eigenvalue weighted by Gasteiger charge is -2.41. The summed E-state index contributed by atoms with van der Waals surface area (Å²) >= 11 is 1.28. The molecule has 3 atom stereocenters. The second-order valence-electron chi connectivity index (χ2n) is 7.96. The Hall–Kier alpha value is -2.20. The molecule has 8 nitrogen and oxygen atoms in total. The summed E-state index contributed by atoms with van der Waals surface area (Å²) in [5.74, 6) is -0.406. The fraction of sp³-hybridized carbons (Fsp3) is 0.556. The maximum Gasteiger partial charge on any atom is 0.413 e. The van der Waals surface area contributed by atoms with Gasteiger partial charge >= 0.3 is 6.09 Å². The normalized spacial score (nSPS) is 27.1. The van der Waals surface area contributed by atoms with Crippen LogP contribution in [-0.4, -0.2) is 50.2 Å². The summed E-state index contributed by atoms with van der Waals surface area (Å²) in [5.41, 5.74) is -2.16. The summed E-state index contributed by atoms with van der Waals surface area (Å²) < 4.78 is 20.6. The van der Waals surface area contributed by atoms with Gasteiger partial charge in [-0.2, -0.15) is 0 Å². The minimum Gasteiger partial charge on any atom is -0.465 e. The molecule has 1 aromatic rings. The predicted octanol–water partition coefficient (Wildman–Crippen LogP) is 3.85. The Kier molecular flexibility index (Phi) is 5.13. The molecule has 0 radical (unpaired) electrons. The number of nitrogens with zero attached hydrogens (tertiary/aromatic N) is 3. The van der Waals surface area contributed by atoms with Gasteiger partial charge in [-0.25, -0.2) is 14.2 Å². The topological polar surface area (TPSA) is 105 Å². The second kappa shape index (κ2) is 7.00. The highest BCUT2D eigenvalue weighted by atomic mass is 32.2. The first-order valence-corrected chi connectivity index (χ1v) is 9.78. The molecule has 3 unspecified atom stereocenters. The smallest absolute Gasteiger partial charge is 0.413 e. The lowest BCUT2D eigenvalue weighted by Crippen LogP contribution is -2.51. The SMILES string of the molecule is CC1OCC2(c3cc([N+](=O)[O-])ccc3F)N=C(N(C(=O)O)C(C)(C)C)SCC12. The van der Waals surface area contributed by atoms with Gasteiger partial charge in [0.2, 0.25) is 0 Å². The molecule has 10 heteroatoms. The maximum absolute atomic E-state index is 14.8. The van der Waals surface area contributed by atoms with Crippen molar-refractivity contribution in [1.29, 1.82) is 0 Å². The largest absolute Gasteiger partial charge is 0.465 e. The molecule has 1 amide bonds. The summed E-state index contributed by atoms with van der Waals surface area (Å²) in [7, 11) is 0. The predicted molar refractivity (Wildman–Crippen MR) is 103 cm³/mol. The van der Waals surface area contributed by atoms with Crippen molar-refractivity contribution in [3.8, 4) is 0 Å². The van der Waals surface area contributed by atoms with Gasteiger partial charge in [0.25, 0.3) is 5.69 Å². The first kappa shape index (κ1) is 20.5. The molecule has 0 aliphatic carbocycles. The number of rotatable bonds is 2. The van der Waals surface area contributed by atoms with Crippen molar-refractivity contribution in [3.05, 3.63) is 39.7 Å². The molecular formula is C18H22FN3O5S. The molecule has 152 valence electrons. The Bertz CT molecular complexity index is 856. The van der Waals surface area contributed by atoms with Crippen LogP contribution in [0.1, 0.15) is 33.3 Å². The zero-order valence-electron chi connectivity index (χ0n) is 16.0. The van der Waals surface area contributed by atoms with Crippen LogP contribution in [-0.2, 0) is 10.3 Å². The van der Waals surface area contributed by atoms with E-state index in [0.29, 0.717) is 5.75 Å². The van der Waals surface area contributed by atoms with Crippen molar-refractivity contribution in [1.82, 2.24) is 4.90 Å². The number of amides is 1. The van der Waals surface area contributed by atoms with Crippen LogP contribution in [0.4, 0.5) is 14.9 Å². The number of non-ortho nitro benzene ring substituents is 1. The van der Waals surface area contributed by atoms with E-state index >= 15 is 0 Å². The minimum atomic E-state index is -1.21. The van der Waals surface area contributed by atoms with Crippen molar-refractivity contribution in [2.45, 2.75) is 44.9 Å². The zero-order valence-corrected chi connectivity index (χ0v) is 16.8. The van der Waals surface area contributed by atoms with Crippen LogP contribution >= 0.6 is 11.8 Å². The fourth-order valence-electron chi connectivity index (χ4n) is 3.69. The van der Waals surface area contributed by atoms with Crippen molar-refractivity contribution >= 4 is 28.7 Å². The summed E-state index contributed by atoms with van der Waals surface area (Å²) in [6.45, 7) is 7.10. The number of halogens is 1. The number of hydrogen-bond donors (Lipinski definition) is 1. The molecule has 1 N–H and O–H groups in total. The van der Waals surface area contributed by atoms with E-state index in [1.54, 1.807) is 20.8 Å². The van der Waals surface area contributed by atoms with Crippen molar-refractivity contribution in [2.75, 3.05) is 12.4 Å². The molecule has 0 aromatic heterocycles. The van der Waals surface area contributed by atoms with E-state index in [9.17, 15) is 24.4 Å². The molecule has 3 rings (SSSR count). The third-order valence-electron chi connectivity index (χ3n) is 5.11. The molecule has 0 saturated carbocycles. The minimum absolute atomic E-state index is 0.0264. The van der Waals surface area contributed by atoms with Gasteiger partial charge in [0.05, 0.1) is 17.6 Å². The first-order chi connectivity index (χ1) is 13.0. The molecule has 2 heterocycles. The molecule has 0 bridgehead atoms. The monoisotopic (exact) mass is 411 g/mol. The van der Waals surface area contributed by atoms with Crippen LogP contribution in [0.5, 0.6) is 0 Å². The van der Waals surface area contributed by atoms with Crippen LogP contribution in [0.25, 0.3) is 0 Å². The van der Waals surface area contributed by atoms with Gasteiger partial charge in [-0.15, -0.1) is 0 Å². The second-order valence-corrected chi connectivity index (χ2v) is 8.95. The molecule has 1 saturated heterocycles. The Morgan fingerprint density at radius 2 is 2.18 bits per heavy atom. The number of hydrogen-bond acceptors (Lipinski definition) is 6. The van der Waals surface area contributed by atoms with Gasteiger partial charge in [-0.05, 0) is 33.8 Å². The third kappa shape index (κ3) is 3.35. The van der Waals surface area contributed by atoms with Gasteiger partial charge in [-0.3, -0.25) is 15.0 Å². The molecule has 2 aliphatic heterocycles. The van der Waals surface area contributed by atoms with E-state index in [2.05, 4.69) is 4.99 Å². The summed E-state index contributed by atoms with van der Waals surface area (Å²) in [5, 5.41) is 21.2. The molecular weight excluding hydrogens is 389 g/mol. The molecule has 1 fully saturated rings. The van der Waals surface area contributed by atoms with Crippen molar-refractivity contribution in [3.63, 3.8) is 0 Å². The lowest BCUT2D eigenvalue weighted by molar-refractivity contribution is -0.385. The number of nitro benzene ring substituents is 1. The van der Waals surface area contributed by atoms with E-state index in [1.807, 2.05) is 6.92 Å². The number of amidine groups is 1. The van der Waals surface area contributed by atoms with E-state index in [4.69, 9.17) is 4.74 Å². The maximum atomic E-state index is 14.8. The lowest BCUT2D eigenvalue weighted by atomic mass is 9.79. The number of fused-ring (bicyclic) bond motifs is 1. The Morgan fingerprint density at radius 3 is 2.75 bits per heavy atom. The number of nitro groups is 1. The van der Waals surface area contributed by atoms with Gasteiger partial charge in [0, 0.05) is 34.9 Å². The van der Waals surface area contributed by atoms with E-state index in [1.165, 1.54) is 17.8 Å². The molecule has 0 spiro atoms. The van der Waals surface area contributed by atoms with Crippen molar-refractivity contribution in [2.24, 2.45) is 10.9 Å². The van der Waals surface area contributed by atoms with E-state index in [-0.39, 0.29) is 35.0 Å².